The normalized spacial score (nSPS) is 10.3. The summed E-state index contributed by atoms with van der Waals surface area (Å²) in [4.78, 5) is 11.9. The maximum Gasteiger partial charge on any atom is 0.224 e. The summed E-state index contributed by atoms with van der Waals surface area (Å²) in [5, 5.41) is 3.73. The van der Waals surface area contributed by atoms with Gasteiger partial charge in [0.05, 0.1) is 13.2 Å². The molecule has 1 N–H and O–H groups in total. The Labute approximate surface area is 151 Å². The van der Waals surface area contributed by atoms with Crippen LogP contribution in [0.3, 0.4) is 0 Å². The Morgan fingerprint density at radius 3 is 2.29 bits per heavy atom. The number of halogens is 2. The molecular weight excluding hydrogens is 349 g/mol. The van der Waals surface area contributed by atoms with Crippen LogP contribution in [0.1, 0.15) is 19.8 Å². The summed E-state index contributed by atoms with van der Waals surface area (Å²) in [6.45, 7) is 2.92. The number of carbonyl (C=O) groups is 1. The fourth-order valence-electron chi connectivity index (χ4n) is 2.11. The van der Waals surface area contributed by atoms with E-state index >= 15 is 0 Å². The van der Waals surface area contributed by atoms with Crippen molar-refractivity contribution in [3.63, 3.8) is 0 Å². The van der Waals surface area contributed by atoms with Crippen molar-refractivity contribution < 1.29 is 14.3 Å². The lowest BCUT2D eigenvalue weighted by Crippen LogP contribution is -2.13. The van der Waals surface area contributed by atoms with Gasteiger partial charge in [0.2, 0.25) is 5.91 Å². The molecule has 0 bridgehead atoms. The number of para-hydroxylation sites is 2. The van der Waals surface area contributed by atoms with Gasteiger partial charge in [-0.3, -0.25) is 4.79 Å². The number of hydrogen-bond donors (Lipinski definition) is 1. The molecule has 0 atom stereocenters. The Morgan fingerprint density at radius 2 is 1.67 bits per heavy atom. The van der Waals surface area contributed by atoms with Gasteiger partial charge in [-0.25, -0.2) is 0 Å². The molecule has 0 unspecified atom stereocenters. The van der Waals surface area contributed by atoms with E-state index in [1.54, 1.807) is 18.2 Å². The highest BCUT2D eigenvalue weighted by Gasteiger charge is 2.06. The predicted octanol–water partition coefficient (Wildman–Crippen LogP) is 5.19. The van der Waals surface area contributed by atoms with Gasteiger partial charge in [0.1, 0.15) is 0 Å². The lowest BCUT2D eigenvalue weighted by Gasteiger charge is -2.11. The maximum atomic E-state index is 11.9. The van der Waals surface area contributed by atoms with E-state index in [1.165, 1.54) is 0 Å². The second kappa shape index (κ2) is 9.40. The van der Waals surface area contributed by atoms with Crippen molar-refractivity contribution >= 4 is 34.8 Å². The molecule has 0 radical (unpaired) electrons. The van der Waals surface area contributed by atoms with Crippen LogP contribution >= 0.6 is 23.2 Å². The van der Waals surface area contributed by atoms with E-state index in [0.717, 1.165) is 0 Å². The molecule has 0 saturated carbocycles. The first-order chi connectivity index (χ1) is 11.6. The van der Waals surface area contributed by atoms with Crippen LogP contribution in [0.5, 0.6) is 11.5 Å². The van der Waals surface area contributed by atoms with Gasteiger partial charge in [-0.15, -0.1) is 0 Å². The minimum atomic E-state index is -0.116. The first-order valence-corrected chi connectivity index (χ1v) is 8.44. The highest BCUT2D eigenvalue weighted by Crippen LogP contribution is 2.26. The summed E-state index contributed by atoms with van der Waals surface area (Å²) in [7, 11) is 0. The molecule has 2 aromatic carbocycles. The summed E-state index contributed by atoms with van der Waals surface area (Å²) in [5.74, 6) is 1.27. The van der Waals surface area contributed by atoms with Crippen molar-refractivity contribution in [2.75, 3.05) is 18.5 Å². The molecule has 0 aliphatic heterocycles. The molecule has 0 heterocycles. The van der Waals surface area contributed by atoms with E-state index in [2.05, 4.69) is 5.32 Å². The average Bonchev–Trinajstić information content (AvgIpc) is 2.52. The largest absolute Gasteiger partial charge is 0.490 e. The summed E-state index contributed by atoms with van der Waals surface area (Å²) in [5.41, 5.74) is 0.583. The van der Waals surface area contributed by atoms with Gasteiger partial charge in [-0.2, -0.15) is 0 Å². The van der Waals surface area contributed by atoms with E-state index in [0.29, 0.717) is 53.3 Å². The summed E-state index contributed by atoms with van der Waals surface area (Å²) < 4.78 is 11.2. The summed E-state index contributed by atoms with van der Waals surface area (Å²) >= 11 is 11.8. The van der Waals surface area contributed by atoms with Crippen LogP contribution in [0.15, 0.2) is 42.5 Å². The summed E-state index contributed by atoms with van der Waals surface area (Å²) in [6, 6.07) is 12.4. The molecule has 24 heavy (non-hydrogen) atoms. The minimum Gasteiger partial charge on any atom is -0.490 e. The van der Waals surface area contributed by atoms with Crippen LogP contribution in [0, 0.1) is 0 Å². The number of rotatable bonds is 8. The van der Waals surface area contributed by atoms with Gasteiger partial charge in [-0.1, -0.05) is 35.3 Å². The first kappa shape index (κ1) is 18.4. The Kier molecular flexibility index (Phi) is 7.22. The fourth-order valence-corrected chi connectivity index (χ4v) is 2.63. The first-order valence-electron chi connectivity index (χ1n) is 7.69. The average molecular weight is 368 g/mol. The fraction of sp³-hybridized carbons (Fsp3) is 0.278. The van der Waals surface area contributed by atoms with E-state index in [9.17, 15) is 4.79 Å². The quantitative estimate of drug-likeness (QED) is 0.653. The molecule has 0 aromatic heterocycles. The van der Waals surface area contributed by atoms with Crippen LogP contribution in [0.4, 0.5) is 5.69 Å². The Hall–Kier alpha value is -1.91. The van der Waals surface area contributed by atoms with E-state index in [-0.39, 0.29) is 5.91 Å². The molecule has 0 aliphatic rings. The van der Waals surface area contributed by atoms with Crippen LogP contribution in [0.25, 0.3) is 0 Å². The molecule has 0 fully saturated rings. The second-order valence-electron chi connectivity index (χ2n) is 5.04. The van der Waals surface area contributed by atoms with Crippen molar-refractivity contribution in [2.45, 2.75) is 19.8 Å². The Bertz CT molecular complexity index is 671. The highest BCUT2D eigenvalue weighted by molar-refractivity contribution is 6.35. The van der Waals surface area contributed by atoms with Gasteiger partial charge in [0.25, 0.3) is 0 Å². The third-order valence-electron chi connectivity index (χ3n) is 3.10. The zero-order valence-corrected chi connectivity index (χ0v) is 14.9. The molecule has 2 rings (SSSR count). The molecule has 2 aromatic rings. The number of hydrogen-bond acceptors (Lipinski definition) is 3. The molecule has 4 nitrogen and oxygen atoms in total. The highest BCUT2D eigenvalue weighted by atomic mass is 35.5. The van der Waals surface area contributed by atoms with Crippen LogP contribution in [-0.4, -0.2) is 19.1 Å². The second-order valence-corrected chi connectivity index (χ2v) is 5.91. The lowest BCUT2D eigenvalue weighted by molar-refractivity contribution is -0.116. The van der Waals surface area contributed by atoms with E-state index < -0.39 is 0 Å². The van der Waals surface area contributed by atoms with Crippen LogP contribution < -0.4 is 14.8 Å². The van der Waals surface area contributed by atoms with Crippen molar-refractivity contribution in [3.05, 3.63) is 52.5 Å². The van der Waals surface area contributed by atoms with Gasteiger partial charge in [0, 0.05) is 22.2 Å². The monoisotopic (exact) mass is 367 g/mol. The zero-order chi connectivity index (χ0) is 17.4. The van der Waals surface area contributed by atoms with Crippen molar-refractivity contribution in [1.29, 1.82) is 0 Å². The molecule has 0 spiro atoms. The Morgan fingerprint density at radius 1 is 1.04 bits per heavy atom. The van der Waals surface area contributed by atoms with E-state index in [4.69, 9.17) is 32.7 Å². The van der Waals surface area contributed by atoms with Crippen molar-refractivity contribution in [3.8, 4) is 11.5 Å². The number of amides is 1. The molecular formula is C18H19Cl2NO3. The summed E-state index contributed by atoms with van der Waals surface area (Å²) in [6.07, 6.45) is 0.918. The molecule has 1 amide bonds. The number of anilines is 1. The maximum absolute atomic E-state index is 11.9. The van der Waals surface area contributed by atoms with Gasteiger partial charge in [0.15, 0.2) is 11.5 Å². The van der Waals surface area contributed by atoms with Crippen LogP contribution in [-0.2, 0) is 4.79 Å². The van der Waals surface area contributed by atoms with Crippen molar-refractivity contribution in [1.82, 2.24) is 0 Å². The van der Waals surface area contributed by atoms with Crippen molar-refractivity contribution in [2.24, 2.45) is 0 Å². The van der Waals surface area contributed by atoms with Crippen LogP contribution in [0.2, 0.25) is 10.0 Å². The van der Waals surface area contributed by atoms with Gasteiger partial charge < -0.3 is 14.8 Å². The third kappa shape index (κ3) is 5.95. The SMILES string of the molecule is CCOc1ccccc1OCCCC(=O)Nc1cc(Cl)cc(Cl)c1. The number of benzene rings is 2. The minimum absolute atomic E-state index is 0.116. The molecule has 0 saturated heterocycles. The zero-order valence-electron chi connectivity index (χ0n) is 13.4. The Balaban J connectivity index is 1.77. The van der Waals surface area contributed by atoms with E-state index in [1.807, 2.05) is 31.2 Å². The molecule has 6 heteroatoms. The third-order valence-corrected chi connectivity index (χ3v) is 3.54. The van der Waals surface area contributed by atoms with Gasteiger partial charge >= 0.3 is 0 Å². The predicted molar refractivity (Wildman–Crippen MR) is 97.4 cm³/mol. The van der Waals surface area contributed by atoms with Gasteiger partial charge in [-0.05, 0) is 43.7 Å². The smallest absolute Gasteiger partial charge is 0.224 e. The topological polar surface area (TPSA) is 47.6 Å². The standard InChI is InChI=1S/C18H19Cl2NO3/c1-2-23-16-6-3-4-7-17(16)24-9-5-8-18(22)21-15-11-13(19)10-14(20)12-15/h3-4,6-7,10-12H,2,5,8-9H2,1H3,(H,21,22). The lowest BCUT2D eigenvalue weighted by atomic mass is 10.2. The molecule has 0 aliphatic carbocycles. The number of nitrogens with one attached hydrogen (secondary N) is 1. The number of carbonyl (C=O) groups excluding carboxylic acids is 1. The number of ether oxygens (including phenoxy) is 2. The molecule has 128 valence electrons.